The van der Waals surface area contributed by atoms with E-state index in [1.807, 2.05) is 40.0 Å². The van der Waals surface area contributed by atoms with Gasteiger partial charge in [-0.3, -0.25) is 9.69 Å². The van der Waals surface area contributed by atoms with Crippen LogP contribution in [0, 0.1) is 5.92 Å². The highest BCUT2D eigenvalue weighted by atomic mass is 16.5. The van der Waals surface area contributed by atoms with Crippen LogP contribution >= 0.6 is 0 Å². The van der Waals surface area contributed by atoms with Gasteiger partial charge in [0.1, 0.15) is 11.6 Å². The molecular weight excluding hydrogens is 424 g/mol. The van der Waals surface area contributed by atoms with Gasteiger partial charge in [-0.15, -0.1) is 0 Å². The number of pyridine rings is 1. The van der Waals surface area contributed by atoms with Crippen LogP contribution in [0.25, 0.3) is 0 Å². The molecule has 0 bridgehead atoms. The number of unbranched alkanes of at least 4 members (excludes halogenated alkanes) is 1. The fourth-order valence-electron chi connectivity index (χ4n) is 5.15. The summed E-state index contributed by atoms with van der Waals surface area (Å²) in [6.45, 7) is 16.5. The minimum atomic E-state index is 0.253. The Labute approximate surface area is 208 Å². The van der Waals surface area contributed by atoms with Crippen molar-refractivity contribution in [1.29, 1.82) is 0 Å². The van der Waals surface area contributed by atoms with E-state index in [-0.39, 0.29) is 5.91 Å². The van der Waals surface area contributed by atoms with Gasteiger partial charge in [0, 0.05) is 56.8 Å². The van der Waals surface area contributed by atoms with Crippen LogP contribution in [0.1, 0.15) is 91.5 Å². The normalized spacial score (nSPS) is 21.9. The average Bonchev–Trinajstić information content (AvgIpc) is 3.39. The van der Waals surface area contributed by atoms with Crippen LogP contribution in [0.15, 0.2) is 12.3 Å². The number of carbonyl (C=O) groups is 1. The lowest BCUT2D eigenvalue weighted by Crippen LogP contribution is -2.47. The molecule has 1 N–H and O–H groups in total. The average molecular weight is 475 g/mol. The van der Waals surface area contributed by atoms with Gasteiger partial charge in [-0.1, -0.05) is 41.0 Å². The number of fused-ring (bicyclic) bond motifs is 1. The number of nitrogens with one attached hydrogen (secondary N) is 1. The van der Waals surface area contributed by atoms with Crippen LogP contribution in [0.2, 0.25) is 0 Å². The van der Waals surface area contributed by atoms with Gasteiger partial charge < -0.3 is 15.0 Å². The maximum Gasteiger partial charge on any atom is 0.220 e. The molecule has 34 heavy (non-hydrogen) atoms. The minimum absolute atomic E-state index is 0.253. The van der Waals surface area contributed by atoms with Crippen molar-refractivity contribution in [2.45, 2.75) is 98.4 Å². The molecule has 4 rings (SSSR count). The predicted octanol–water partition coefficient (Wildman–Crippen LogP) is 5.45. The first-order valence-electron chi connectivity index (χ1n) is 14.1. The quantitative estimate of drug-likeness (QED) is 0.543. The Hall–Kier alpha value is -1.82. The molecule has 2 aliphatic heterocycles. The molecule has 0 unspecified atom stereocenters. The monoisotopic (exact) mass is 474 g/mol. The lowest BCUT2D eigenvalue weighted by molar-refractivity contribution is -0.122. The molecule has 0 spiro atoms. The number of ether oxygens (including phenoxy) is 1. The summed E-state index contributed by atoms with van der Waals surface area (Å²) in [7, 11) is 0. The molecule has 2 fully saturated rings. The van der Waals surface area contributed by atoms with Crippen molar-refractivity contribution >= 4 is 11.7 Å². The second-order valence-corrected chi connectivity index (χ2v) is 9.22. The highest BCUT2D eigenvalue weighted by Gasteiger charge is 2.26. The van der Waals surface area contributed by atoms with Crippen LogP contribution in [0.4, 0.5) is 5.82 Å². The van der Waals surface area contributed by atoms with Crippen LogP contribution in [0.5, 0.6) is 5.75 Å². The fourth-order valence-corrected chi connectivity index (χ4v) is 5.15. The maximum absolute atomic E-state index is 11.9. The molecule has 6 nitrogen and oxygen atoms in total. The molecule has 3 heterocycles. The highest BCUT2D eigenvalue weighted by Crippen LogP contribution is 2.32. The zero-order valence-corrected chi connectivity index (χ0v) is 22.6. The van der Waals surface area contributed by atoms with E-state index in [2.05, 4.69) is 27.0 Å². The van der Waals surface area contributed by atoms with Crippen molar-refractivity contribution in [1.82, 2.24) is 15.2 Å². The Kier molecular flexibility index (Phi) is 13.3. The van der Waals surface area contributed by atoms with Crippen LogP contribution in [0.3, 0.4) is 0 Å². The van der Waals surface area contributed by atoms with E-state index in [1.165, 1.54) is 31.4 Å². The third-order valence-corrected chi connectivity index (χ3v) is 7.09. The van der Waals surface area contributed by atoms with Gasteiger partial charge in [-0.05, 0) is 57.1 Å². The van der Waals surface area contributed by atoms with Gasteiger partial charge in [-0.2, -0.15) is 0 Å². The molecular formula is C28H50N4O2. The van der Waals surface area contributed by atoms with Gasteiger partial charge in [-0.25, -0.2) is 4.98 Å². The summed E-state index contributed by atoms with van der Waals surface area (Å²) in [6.07, 6.45) is 11.8. The van der Waals surface area contributed by atoms with Crippen molar-refractivity contribution in [3.63, 3.8) is 0 Å². The topological polar surface area (TPSA) is 57.7 Å². The zero-order chi connectivity index (χ0) is 24.8. The van der Waals surface area contributed by atoms with Gasteiger partial charge in [0.15, 0.2) is 0 Å². The highest BCUT2D eigenvalue weighted by molar-refractivity contribution is 5.76. The Morgan fingerprint density at radius 1 is 1.09 bits per heavy atom. The summed E-state index contributed by atoms with van der Waals surface area (Å²) in [5.74, 6) is 3.25. The molecule has 1 aromatic heterocycles. The second kappa shape index (κ2) is 16.0. The third kappa shape index (κ3) is 8.44. The lowest BCUT2D eigenvalue weighted by atomic mass is 9.84. The summed E-state index contributed by atoms with van der Waals surface area (Å²) < 4.78 is 5.70. The molecule has 1 aromatic rings. The number of carbonyl (C=O) groups excluding carboxylic acids is 1. The number of hydrogen-bond acceptors (Lipinski definition) is 5. The van der Waals surface area contributed by atoms with Crippen LogP contribution in [-0.2, 0) is 11.2 Å². The molecule has 0 radical (unpaired) electrons. The van der Waals surface area contributed by atoms with Gasteiger partial charge in [0.25, 0.3) is 0 Å². The first-order valence-corrected chi connectivity index (χ1v) is 14.1. The molecule has 194 valence electrons. The van der Waals surface area contributed by atoms with Crippen molar-refractivity contribution < 1.29 is 9.53 Å². The Morgan fingerprint density at radius 2 is 1.79 bits per heavy atom. The zero-order valence-electron chi connectivity index (χ0n) is 22.6. The van der Waals surface area contributed by atoms with Crippen molar-refractivity contribution in [2.24, 2.45) is 5.92 Å². The largest absolute Gasteiger partial charge is 0.493 e. The summed E-state index contributed by atoms with van der Waals surface area (Å²) in [4.78, 5) is 21.7. The molecule has 6 heteroatoms. The number of nitrogens with zero attached hydrogens (tertiary/aromatic N) is 3. The minimum Gasteiger partial charge on any atom is -0.493 e. The molecule has 0 atom stereocenters. The SMILES string of the molecule is CC.CC.CCCCC(=O)NC1CCC(CCN2CCN(c3nccc4c3CCO4)CC2)CC1. The summed E-state index contributed by atoms with van der Waals surface area (Å²) in [6, 6.07) is 2.41. The molecule has 3 aliphatic rings. The van der Waals surface area contributed by atoms with Crippen molar-refractivity contribution in [3.8, 4) is 5.75 Å². The number of hydrogen-bond donors (Lipinski definition) is 1. The van der Waals surface area contributed by atoms with Crippen molar-refractivity contribution in [3.05, 3.63) is 17.8 Å². The predicted molar refractivity (Wildman–Crippen MR) is 143 cm³/mol. The molecule has 0 aromatic carbocycles. The smallest absolute Gasteiger partial charge is 0.220 e. The molecule has 1 saturated carbocycles. The summed E-state index contributed by atoms with van der Waals surface area (Å²) in [5.41, 5.74) is 1.30. The van der Waals surface area contributed by atoms with E-state index < -0.39 is 0 Å². The van der Waals surface area contributed by atoms with E-state index >= 15 is 0 Å². The number of piperazine rings is 1. The number of anilines is 1. The molecule has 1 saturated heterocycles. The second-order valence-electron chi connectivity index (χ2n) is 9.22. The Bertz CT molecular complexity index is 696. The van der Waals surface area contributed by atoms with E-state index in [0.29, 0.717) is 12.5 Å². The van der Waals surface area contributed by atoms with Crippen LogP contribution < -0.4 is 15.0 Å². The standard InChI is InChI=1S/C24H38N4O2.2C2H6/c1-2-3-4-23(29)26-20-7-5-19(6-8-20)10-13-27-14-16-28(17-15-27)24-21-11-18-30-22(21)9-12-25-24;2*1-2/h9,12,19-20H,2-8,10-11,13-18H2,1H3,(H,26,29);2*1-2H3. The van der Waals surface area contributed by atoms with Gasteiger partial charge >= 0.3 is 0 Å². The van der Waals surface area contributed by atoms with E-state index in [9.17, 15) is 4.79 Å². The summed E-state index contributed by atoms with van der Waals surface area (Å²) in [5, 5.41) is 3.25. The molecule has 1 amide bonds. The van der Waals surface area contributed by atoms with E-state index in [4.69, 9.17) is 4.74 Å². The number of rotatable bonds is 8. The Balaban J connectivity index is 0.000000970. The Morgan fingerprint density at radius 3 is 2.47 bits per heavy atom. The van der Waals surface area contributed by atoms with E-state index in [0.717, 1.165) is 82.4 Å². The first-order chi connectivity index (χ1) is 16.7. The number of amides is 1. The van der Waals surface area contributed by atoms with Crippen LogP contribution in [-0.4, -0.2) is 61.2 Å². The van der Waals surface area contributed by atoms with Gasteiger partial charge in [0.2, 0.25) is 5.91 Å². The summed E-state index contributed by atoms with van der Waals surface area (Å²) >= 11 is 0. The lowest BCUT2D eigenvalue weighted by Gasteiger charge is -2.37. The third-order valence-electron chi connectivity index (χ3n) is 7.09. The first kappa shape index (κ1) is 28.4. The fraction of sp³-hybridized carbons (Fsp3) is 0.786. The van der Waals surface area contributed by atoms with Gasteiger partial charge in [0.05, 0.1) is 6.61 Å². The van der Waals surface area contributed by atoms with E-state index in [1.54, 1.807) is 0 Å². The van der Waals surface area contributed by atoms with Crippen molar-refractivity contribution in [2.75, 3.05) is 44.2 Å². The maximum atomic E-state index is 11.9. The number of aromatic nitrogens is 1. The molecule has 1 aliphatic carbocycles.